The Hall–Kier alpha value is -2.02. The van der Waals surface area contributed by atoms with E-state index in [0.717, 1.165) is 36.7 Å². The van der Waals surface area contributed by atoms with Crippen LogP contribution in [-0.4, -0.2) is 30.9 Å². The molecule has 0 bridgehead atoms. The standard InChI is InChI=1S/C22H23ClN2O2S2/c1-14-11-16(9-10-18(14)23)19-21(28-3)29-22(25-19)24-13-17(20(26)27-2)12-15-7-5-4-6-8-15/h4-11,17H,12-13H2,1-3H3,(H,24,25). The zero-order chi connectivity index (χ0) is 20.8. The molecule has 1 unspecified atom stereocenters. The van der Waals surface area contributed by atoms with Crippen molar-refractivity contribution in [3.05, 3.63) is 64.7 Å². The Morgan fingerprint density at radius 1 is 1.28 bits per heavy atom. The van der Waals surface area contributed by atoms with Gasteiger partial charge in [0.05, 0.1) is 22.9 Å². The normalized spacial score (nSPS) is 11.9. The number of carbonyl (C=O) groups excluding carboxylic acids is 1. The molecular formula is C22H23ClN2O2S2. The van der Waals surface area contributed by atoms with Gasteiger partial charge in [-0.15, -0.1) is 11.8 Å². The lowest BCUT2D eigenvalue weighted by molar-refractivity contribution is -0.144. The molecule has 152 valence electrons. The number of thioether (sulfide) groups is 1. The van der Waals surface area contributed by atoms with Crippen molar-refractivity contribution in [1.29, 1.82) is 0 Å². The summed E-state index contributed by atoms with van der Waals surface area (Å²) in [5.41, 5.74) is 4.09. The maximum absolute atomic E-state index is 12.3. The van der Waals surface area contributed by atoms with Crippen LogP contribution in [0.3, 0.4) is 0 Å². The van der Waals surface area contributed by atoms with Gasteiger partial charge in [-0.3, -0.25) is 4.79 Å². The number of carbonyl (C=O) groups is 1. The van der Waals surface area contributed by atoms with E-state index in [0.29, 0.717) is 13.0 Å². The Morgan fingerprint density at radius 3 is 2.69 bits per heavy atom. The third-order valence-electron chi connectivity index (χ3n) is 4.57. The zero-order valence-electron chi connectivity index (χ0n) is 16.6. The van der Waals surface area contributed by atoms with E-state index in [1.54, 1.807) is 23.1 Å². The van der Waals surface area contributed by atoms with Crippen LogP contribution in [0.15, 0.2) is 52.7 Å². The molecule has 1 N–H and O–H groups in total. The highest BCUT2D eigenvalue weighted by atomic mass is 35.5. The summed E-state index contributed by atoms with van der Waals surface area (Å²) >= 11 is 9.41. The summed E-state index contributed by atoms with van der Waals surface area (Å²) in [6, 6.07) is 15.9. The van der Waals surface area contributed by atoms with E-state index >= 15 is 0 Å². The molecule has 3 aromatic rings. The lowest BCUT2D eigenvalue weighted by Crippen LogP contribution is -2.26. The first-order valence-corrected chi connectivity index (χ1v) is 11.6. The molecule has 0 saturated heterocycles. The number of ether oxygens (including phenoxy) is 1. The van der Waals surface area contributed by atoms with Gasteiger partial charge in [0, 0.05) is 17.1 Å². The van der Waals surface area contributed by atoms with Gasteiger partial charge in [-0.05, 0) is 42.9 Å². The van der Waals surface area contributed by atoms with Crippen LogP contribution >= 0.6 is 34.7 Å². The molecule has 3 rings (SSSR count). The number of rotatable bonds is 8. The van der Waals surface area contributed by atoms with Crippen LogP contribution < -0.4 is 5.32 Å². The van der Waals surface area contributed by atoms with E-state index in [4.69, 9.17) is 21.3 Å². The monoisotopic (exact) mass is 446 g/mol. The van der Waals surface area contributed by atoms with Crippen molar-refractivity contribution < 1.29 is 9.53 Å². The van der Waals surface area contributed by atoms with E-state index < -0.39 is 0 Å². The number of hydrogen-bond acceptors (Lipinski definition) is 6. The predicted molar refractivity (Wildman–Crippen MR) is 123 cm³/mol. The Bertz CT molecular complexity index is 976. The number of benzene rings is 2. The Morgan fingerprint density at radius 2 is 2.03 bits per heavy atom. The van der Waals surface area contributed by atoms with Gasteiger partial charge in [-0.2, -0.15) is 0 Å². The van der Waals surface area contributed by atoms with Crippen molar-refractivity contribution >= 4 is 45.8 Å². The number of nitrogens with zero attached hydrogens (tertiary/aromatic N) is 1. The average molecular weight is 447 g/mol. The number of hydrogen-bond donors (Lipinski definition) is 1. The van der Waals surface area contributed by atoms with Crippen LogP contribution in [0.25, 0.3) is 11.3 Å². The highest BCUT2D eigenvalue weighted by Gasteiger charge is 2.21. The van der Waals surface area contributed by atoms with E-state index in [9.17, 15) is 4.79 Å². The van der Waals surface area contributed by atoms with Crippen LogP contribution in [0.1, 0.15) is 11.1 Å². The summed E-state index contributed by atoms with van der Waals surface area (Å²) < 4.78 is 6.12. The molecule has 0 aliphatic rings. The average Bonchev–Trinajstić information content (AvgIpc) is 3.16. The SMILES string of the molecule is COC(=O)C(CNc1nc(-c2ccc(Cl)c(C)c2)c(SC)s1)Cc1ccccc1. The Balaban J connectivity index is 1.77. The van der Waals surface area contributed by atoms with Crippen LogP contribution in [0, 0.1) is 12.8 Å². The first kappa shape index (κ1) is 21.7. The molecule has 2 aromatic carbocycles. The van der Waals surface area contributed by atoms with Gasteiger partial charge in [0.1, 0.15) is 0 Å². The third kappa shape index (κ3) is 5.53. The highest BCUT2D eigenvalue weighted by molar-refractivity contribution is 8.00. The van der Waals surface area contributed by atoms with E-state index in [2.05, 4.69) is 5.32 Å². The minimum Gasteiger partial charge on any atom is -0.469 e. The second-order valence-electron chi connectivity index (χ2n) is 6.61. The van der Waals surface area contributed by atoms with Crippen molar-refractivity contribution in [2.75, 3.05) is 25.2 Å². The topological polar surface area (TPSA) is 51.2 Å². The molecule has 0 saturated carbocycles. The van der Waals surface area contributed by atoms with Crippen LogP contribution in [0.4, 0.5) is 5.13 Å². The van der Waals surface area contributed by atoms with E-state index in [1.807, 2.05) is 61.7 Å². The minimum atomic E-state index is -0.287. The van der Waals surface area contributed by atoms with Gasteiger partial charge in [-0.1, -0.05) is 59.3 Å². The number of nitrogens with one attached hydrogen (secondary N) is 1. The Labute approximate surface area is 184 Å². The second kappa shape index (κ2) is 10.1. The quantitative estimate of drug-likeness (QED) is 0.343. The zero-order valence-corrected chi connectivity index (χ0v) is 19.0. The lowest BCUT2D eigenvalue weighted by Gasteiger charge is -2.15. The molecule has 29 heavy (non-hydrogen) atoms. The van der Waals surface area contributed by atoms with Gasteiger partial charge >= 0.3 is 5.97 Å². The predicted octanol–water partition coefficient (Wildman–Crippen LogP) is 5.94. The minimum absolute atomic E-state index is 0.225. The molecular weight excluding hydrogens is 424 g/mol. The van der Waals surface area contributed by atoms with Crippen molar-refractivity contribution in [3.8, 4) is 11.3 Å². The molecule has 1 atom stereocenters. The van der Waals surface area contributed by atoms with Crippen LogP contribution in [0.2, 0.25) is 5.02 Å². The first-order chi connectivity index (χ1) is 14.0. The molecule has 1 aromatic heterocycles. The number of halogens is 1. The summed E-state index contributed by atoms with van der Waals surface area (Å²) in [7, 11) is 1.43. The maximum atomic E-state index is 12.3. The third-order valence-corrected chi connectivity index (χ3v) is 7.12. The molecule has 0 radical (unpaired) electrons. The van der Waals surface area contributed by atoms with Gasteiger partial charge in [0.2, 0.25) is 0 Å². The van der Waals surface area contributed by atoms with Crippen molar-refractivity contribution in [2.45, 2.75) is 17.6 Å². The number of aryl methyl sites for hydroxylation is 1. The fourth-order valence-electron chi connectivity index (χ4n) is 3.01. The molecule has 0 aliphatic carbocycles. The number of esters is 1. The Kier molecular flexibility index (Phi) is 7.58. The van der Waals surface area contributed by atoms with Crippen LogP contribution in [0.5, 0.6) is 0 Å². The lowest BCUT2D eigenvalue weighted by atomic mass is 9.99. The first-order valence-electron chi connectivity index (χ1n) is 9.18. The molecule has 1 heterocycles. The number of anilines is 1. The van der Waals surface area contributed by atoms with Crippen molar-refractivity contribution in [1.82, 2.24) is 4.98 Å². The molecule has 4 nitrogen and oxygen atoms in total. The summed E-state index contributed by atoms with van der Waals surface area (Å²) in [5, 5.41) is 4.87. The number of aromatic nitrogens is 1. The molecule has 0 amide bonds. The number of methoxy groups -OCH3 is 1. The summed E-state index contributed by atoms with van der Waals surface area (Å²) in [6.45, 7) is 2.45. The number of thiazole rings is 1. The molecule has 0 fully saturated rings. The maximum Gasteiger partial charge on any atom is 0.310 e. The largest absolute Gasteiger partial charge is 0.469 e. The van der Waals surface area contributed by atoms with Crippen molar-refractivity contribution in [2.24, 2.45) is 5.92 Å². The van der Waals surface area contributed by atoms with Crippen LogP contribution in [-0.2, 0) is 16.0 Å². The molecule has 0 aliphatic heterocycles. The highest BCUT2D eigenvalue weighted by Crippen LogP contribution is 2.38. The second-order valence-corrected chi connectivity index (χ2v) is 9.10. The van der Waals surface area contributed by atoms with E-state index in [1.165, 1.54) is 7.11 Å². The fourth-order valence-corrected chi connectivity index (χ4v) is 4.78. The fraction of sp³-hybridized carbons (Fsp3) is 0.273. The van der Waals surface area contributed by atoms with Gasteiger partial charge < -0.3 is 10.1 Å². The smallest absolute Gasteiger partial charge is 0.310 e. The summed E-state index contributed by atoms with van der Waals surface area (Å²) in [5.74, 6) is -0.512. The summed E-state index contributed by atoms with van der Waals surface area (Å²) in [4.78, 5) is 17.0. The molecule has 0 spiro atoms. The van der Waals surface area contributed by atoms with Gasteiger partial charge in [0.15, 0.2) is 5.13 Å². The van der Waals surface area contributed by atoms with E-state index in [-0.39, 0.29) is 11.9 Å². The summed E-state index contributed by atoms with van der Waals surface area (Å²) in [6.07, 6.45) is 2.65. The van der Waals surface area contributed by atoms with Crippen molar-refractivity contribution in [3.63, 3.8) is 0 Å². The van der Waals surface area contributed by atoms with Gasteiger partial charge in [0.25, 0.3) is 0 Å². The van der Waals surface area contributed by atoms with Gasteiger partial charge in [-0.25, -0.2) is 4.98 Å². The molecule has 7 heteroatoms.